The molecule has 0 radical (unpaired) electrons. The van der Waals surface area contributed by atoms with Crippen LogP contribution < -0.4 is 4.90 Å². The fraction of sp³-hybridized carbons (Fsp3) is 0.0385. The molecule has 4 aromatic carbocycles. The average molecular weight is 603 g/mol. The van der Waals surface area contributed by atoms with Gasteiger partial charge in [0.25, 0.3) is 0 Å². The van der Waals surface area contributed by atoms with Crippen molar-refractivity contribution in [3.05, 3.63) is 127 Å². The average Bonchev–Trinajstić information content (AvgIpc) is 2.81. The second-order valence-corrected chi connectivity index (χ2v) is 10.2. The smallest absolute Gasteiger partial charge is 0.200 e. The highest BCUT2D eigenvalue weighted by Crippen LogP contribution is 2.48. The Morgan fingerprint density at radius 3 is 2.06 bits per heavy atom. The molecule has 0 aliphatic carbocycles. The molecule has 1 aliphatic rings. The van der Waals surface area contributed by atoms with Gasteiger partial charge in [-0.25, -0.2) is 4.99 Å². The summed E-state index contributed by atoms with van der Waals surface area (Å²) in [7, 11) is 0. The van der Waals surface area contributed by atoms with Crippen LogP contribution in [0.25, 0.3) is 0 Å². The van der Waals surface area contributed by atoms with E-state index in [4.69, 9.17) is 28.2 Å². The number of halogens is 4. The lowest BCUT2D eigenvalue weighted by Crippen LogP contribution is -2.53. The van der Waals surface area contributed by atoms with Gasteiger partial charge in [0.15, 0.2) is 5.72 Å². The lowest BCUT2D eigenvalue weighted by atomic mass is 9.88. The van der Waals surface area contributed by atoms with Crippen LogP contribution in [0.3, 0.4) is 0 Å². The van der Waals surface area contributed by atoms with Crippen molar-refractivity contribution in [2.45, 2.75) is 5.72 Å². The summed E-state index contributed by atoms with van der Waals surface area (Å²) < 4.78 is 1.74. The van der Waals surface area contributed by atoms with Gasteiger partial charge in [-0.05, 0) is 60.7 Å². The van der Waals surface area contributed by atoms with Crippen LogP contribution in [0.15, 0.2) is 105 Å². The number of hydrogen-bond acceptors (Lipinski definition) is 3. The number of aliphatic hydroxyl groups is 1. The van der Waals surface area contributed by atoms with Crippen molar-refractivity contribution < 1.29 is 5.11 Å². The van der Waals surface area contributed by atoms with Crippen LogP contribution in [0, 0.1) is 0 Å². The van der Waals surface area contributed by atoms with Crippen LogP contribution in [0.4, 0.5) is 11.4 Å². The van der Waals surface area contributed by atoms with Gasteiger partial charge in [-0.15, -0.1) is 0 Å². The monoisotopic (exact) mass is 600 g/mol. The molecule has 164 valence electrons. The van der Waals surface area contributed by atoms with E-state index in [-0.39, 0.29) is 0 Å². The number of anilines is 1. The first-order chi connectivity index (χ1) is 15.9. The first-order valence-corrected chi connectivity index (χ1v) is 12.4. The summed E-state index contributed by atoms with van der Waals surface area (Å²) in [5, 5.41) is 13.7. The molecule has 33 heavy (non-hydrogen) atoms. The number of aliphatic imine (C=N–C) groups is 1. The number of hydrogen-bond donors (Lipinski definition) is 1. The minimum absolute atomic E-state index is 0.438. The zero-order valence-electron chi connectivity index (χ0n) is 17.0. The van der Waals surface area contributed by atoms with Crippen LogP contribution >= 0.6 is 55.1 Å². The lowest BCUT2D eigenvalue weighted by Gasteiger charge is -2.45. The Kier molecular flexibility index (Phi) is 6.10. The molecule has 0 saturated carbocycles. The van der Waals surface area contributed by atoms with Gasteiger partial charge in [0, 0.05) is 36.3 Å². The second-order valence-electron chi connectivity index (χ2n) is 7.54. The first-order valence-electron chi connectivity index (χ1n) is 10.1. The molecule has 1 heterocycles. The molecular formula is C26H16Br2Cl2N2O. The Morgan fingerprint density at radius 2 is 1.36 bits per heavy atom. The summed E-state index contributed by atoms with van der Waals surface area (Å²) in [6.07, 6.45) is 0. The molecule has 0 spiro atoms. The third-order valence-electron chi connectivity index (χ3n) is 5.54. The number of benzene rings is 4. The fourth-order valence-electron chi connectivity index (χ4n) is 4.05. The highest BCUT2D eigenvalue weighted by Gasteiger charge is 2.47. The van der Waals surface area contributed by atoms with Crippen molar-refractivity contribution in [1.29, 1.82) is 0 Å². The molecule has 3 nitrogen and oxygen atoms in total. The van der Waals surface area contributed by atoms with Gasteiger partial charge in [0.2, 0.25) is 0 Å². The Balaban J connectivity index is 1.90. The van der Waals surface area contributed by atoms with E-state index >= 15 is 0 Å². The summed E-state index contributed by atoms with van der Waals surface area (Å²) in [6.45, 7) is 0. The van der Waals surface area contributed by atoms with Crippen LogP contribution in [-0.4, -0.2) is 10.9 Å². The topological polar surface area (TPSA) is 35.8 Å². The van der Waals surface area contributed by atoms with E-state index in [2.05, 4.69) is 31.9 Å². The van der Waals surface area contributed by atoms with Crippen LogP contribution in [0.1, 0.15) is 16.7 Å². The predicted molar refractivity (Wildman–Crippen MR) is 143 cm³/mol. The number of amidine groups is 1. The zero-order valence-corrected chi connectivity index (χ0v) is 21.7. The van der Waals surface area contributed by atoms with Crippen molar-refractivity contribution >= 4 is 72.3 Å². The Morgan fingerprint density at radius 1 is 0.727 bits per heavy atom. The van der Waals surface area contributed by atoms with Crippen molar-refractivity contribution in [3.8, 4) is 0 Å². The molecule has 4 aromatic rings. The van der Waals surface area contributed by atoms with Crippen LogP contribution in [-0.2, 0) is 5.72 Å². The van der Waals surface area contributed by atoms with Gasteiger partial charge in [-0.2, -0.15) is 0 Å². The fourth-order valence-corrected chi connectivity index (χ4v) is 5.17. The van der Waals surface area contributed by atoms with Gasteiger partial charge in [-0.3, -0.25) is 4.90 Å². The summed E-state index contributed by atoms with van der Waals surface area (Å²) >= 11 is 20.4. The largest absolute Gasteiger partial charge is 0.363 e. The third-order valence-corrected chi connectivity index (χ3v) is 7.23. The van der Waals surface area contributed by atoms with Gasteiger partial charge in [0.1, 0.15) is 5.84 Å². The summed E-state index contributed by atoms with van der Waals surface area (Å²) in [4.78, 5) is 6.76. The number of rotatable bonds is 3. The molecule has 0 amide bonds. The molecule has 1 unspecified atom stereocenters. The molecule has 1 N–H and O–H groups in total. The first kappa shape index (κ1) is 22.6. The maximum atomic E-state index is 12.7. The summed E-state index contributed by atoms with van der Waals surface area (Å²) in [5.41, 5.74) is 1.52. The summed E-state index contributed by atoms with van der Waals surface area (Å²) in [6, 6.07) is 28.1. The van der Waals surface area contributed by atoms with Gasteiger partial charge in [-0.1, -0.05) is 85.4 Å². The minimum atomic E-state index is -1.67. The molecule has 0 fully saturated rings. The van der Waals surface area contributed by atoms with E-state index in [1.165, 1.54) is 0 Å². The maximum Gasteiger partial charge on any atom is 0.200 e. The molecule has 5 rings (SSSR count). The Bertz CT molecular complexity index is 1390. The SMILES string of the molecule is OC1(c2ccccc2Cl)c2cc(Br)ccc2N=C(c2ccccc2Cl)N1c1ccc(Br)cc1. The summed E-state index contributed by atoms with van der Waals surface area (Å²) in [5.74, 6) is 0.514. The molecule has 1 atom stereocenters. The quantitative estimate of drug-likeness (QED) is 0.256. The highest BCUT2D eigenvalue weighted by atomic mass is 79.9. The van der Waals surface area contributed by atoms with E-state index < -0.39 is 5.72 Å². The molecule has 0 bridgehead atoms. The molecule has 0 saturated heterocycles. The van der Waals surface area contributed by atoms with E-state index in [0.29, 0.717) is 38.3 Å². The van der Waals surface area contributed by atoms with Crippen LogP contribution in [0.2, 0.25) is 10.0 Å². The normalized spacial score (nSPS) is 17.5. The molecule has 7 heteroatoms. The zero-order chi connectivity index (χ0) is 23.2. The standard InChI is InChI=1S/C26H16Br2Cl2N2O/c27-16-9-12-18(13-10-16)32-25(19-5-1-3-7-22(19)29)31-24-14-11-17(28)15-21(24)26(32,33)20-6-2-4-8-23(20)30/h1-15,33H. The minimum Gasteiger partial charge on any atom is -0.363 e. The van der Waals surface area contributed by atoms with E-state index in [0.717, 1.165) is 14.6 Å². The predicted octanol–water partition coefficient (Wildman–Crippen LogP) is 8.31. The Labute approximate surface area is 218 Å². The number of nitrogens with zero attached hydrogens (tertiary/aromatic N) is 2. The van der Waals surface area contributed by atoms with Crippen LogP contribution in [0.5, 0.6) is 0 Å². The van der Waals surface area contributed by atoms with Crippen molar-refractivity contribution in [1.82, 2.24) is 0 Å². The van der Waals surface area contributed by atoms with Crippen molar-refractivity contribution in [2.24, 2.45) is 4.99 Å². The molecular weight excluding hydrogens is 587 g/mol. The van der Waals surface area contributed by atoms with Gasteiger partial charge < -0.3 is 5.11 Å². The van der Waals surface area contributed by atoms with E-state index in [9.17, 15) is 5.11 Å². The van der Waals surface area contributed by atoms with Gasteiger partial charge in [0.05, 0.1) is 10.7 Å². The van der Waals surface area contributed by atoms with E-state index in [1.807, 2.05) is 84.9 Å². The third kappa shape index (κ3) is 3.92. The highest BCUT2D eigenvalue weighted by molar-refractivity contribution is 9.10. The molecule has 0 aromatic heterocycles. The maximum absolute atomic E-state index is 12.7. The second kappa shape index (κ2) is 8.90. The molecule has 1 aliphatic heterocycles. The number of fused-ring (bicyclic) bond motifs is 1. The van der Waals surface area contributed by atoms with E-state index in [1.54, 1.807) is 11.0 Å². The van der Waals surface area contributed by atoms with Gasteiger partial charge >= 0.3 is 0 Å². The van der Waals surface area contributed by atoms with Crippen molar-refractivity contribution in [2.75, 3.05) is 4.90 Å². The van der Waals surface area contributed by atoms with Crippen molar-refractivity contribution in [3.63, 3.8) is 0 Å². The Hall–Kier alpha value is -2.15. The lowest BCUT2D eigenvalue weighted by molar-refractivity contribution is 0.0902.